The van der Waals surface area contributed by atoms with Gasteiger partial charge in [0.25, 0.3) is 0 Å². The molecular formula is C18H23N5O2. The predicted molar refractivity (Wildman–Crippen MR) is 90.9 cm³/mol. The molecule has 2 aliphatic rings. The first kappa shape index (κ1) is 16.2. The maximum Gasteiger partial charge on any atom is 0.233 e. The summed E-state index contributed by atoms with van der Waals surface area (Å²) in [5.74, 6) is 0.256. The number of nitrogens with one attached hydrogen (secondary N) is 1. The lowest BCUT2D eigenvalue weighted by Gasteiger charge is -2.32. The zero-order valence-corrected chi connectivity index (χ0v) is 14.4. The van der Waals surface area contributed by atoms with Crippen molar-refractivity contribution in [1.82, 2.24) is 25.3 Å². The van der Waals surface area contributed by atoms with Gasteiger partial charge in [-0.25, -0.2) is 0 Å². The molecule has 2 aromatic rings. The Morgan fingerprint density at radius 2 is 2.16 bits per heavy atom. The van der Waals surface area contributed by atoms with Crippen LogP contribution in [-0.2, 0) is 14.9 Å². The van der Waals surface area contributed by atoms with Crippen LogP contribution in [0.2, 0.25) is 0 Å². The first-order valence-corrected chi connectivity index (χ1v) is 8.83. The Hall–Kier alpha value is -2.28. The third-order valence-electron chi connectivity index (χ3n) is 5.75. The van der Waals surface area contributed by atoms with E-state index >= 15 is 0 Å². The summed E-state index contributed by atoms with van der Waals surface area (Å²) >= 11 is 0. The topological polar surface area (TPSA) is 84.0 Å². The number of hydrogen-bond donors (Lipinski definition) is 1. The van der Waals surface area contributed by atoms with Gasteiger partial charge < -0.3 is 9.64 Å². The summed E-state index contributed by atoms with van der Waals surface area (Å²) in [7, 11) is 1.69. The highest BCUT2D eigenvalue weighted by Crippen LogP contribution is 2.43. The molecule has 3 heterocycles. The first-order chi connectivity index (χ1) is 12.2. The van der Waals surface area contributed by atoms with E-state index in [-0.39, 0.29) is 17.9 Å². The van der Waals surface area contributed by atoms with Gasteiger partial charge >= 0.3 is 0 Å². The maximum absolute atomic E-state index is 13.5. The van der Waals surface area contributed by atoms with Crippen molar-refractivity contribution in [2.24, 2.45) is 0 Å². The van der Waals surface area contributed by atoms with Crippen molar-refractivity contribution in [3.8, 4) is 0 Å². The van der Waals surface area contributed by atoms with E-state index in [9.17, 15) is 4.79 Å². The summed E-state index contributed by atoms with van der Waals surface area (Å²) in [4.78, 5) is 19.7. The number of carbonyl (C=O) groups is 1. The van der Waals surface area contributed by atoms with E-state index in [4.69, 9.17) is 4.74 Å². The molecule has 2 aromatic heterocycles. The van der Waals surface area contributed by atoms with Crippen molar-refractivity contribution < 1.29 is 9.53 Å². The van der Waals surface area contributed by atoms with Crippen molar-refractivity contribution >= 4 is 5.91 Å². The van der Waals surface area contributed by atoms with Crippen molar-refractivity contribution in [2.75, 3.05) is 20.2 Å². The number of aromatic nitrogens is 4. The number of carbonyl (C=O) groups excluding carboxylic acids is 1. The van der Waals surface area contributed by atoms with Gasteiger partial charge in [-0.2, -0.15) is 15.4 Å². The SMILES string of the molecule is CO[C@@H]1CN(C(=O)C2(c3cccnc3)CCCC2)C[C@H]1c1cn[nH]n1. The number of rotatable bonds is 4. The zero-order chi connectivity index (χ0) is 17.3. The monoisotopic (exact) mass is 341 g/mol. The molecule has 7 nitrogen and oxygen atoms in total. The number of ether oxygens (including phenoxy) is 1. The quantitative estimate of drug-likeness (QED) is 0.914. The molecule has 0 radical (unpaired) electrons. The minimum Gasteiger partial charge on any atom is -0.379 e. The molecule has 4 rings (SSSR count). The largest absolute Gasteiger partial charge is 0.379 e. The Bertz CT molecular complexity index is 712. The number of nitrogens with zero attached hydrogens (tertiary/aromatic N) is 4. The summed E-state index contributed by atoms with van der Waals surface area (Å²) in [6, 6.07) is 3.96. The van der Waals surface area contributed by atoms with Gasteiger partial charge in [-0.05, 0) is 24.5 Å². The molecule has 1 aliphatic carbocycles. The molecule has 1 saturated carbocycles. The number of amides is 1. The van der Waals surface area contributed by atoms with Crippen LogP contribution in [0.15, 0.2) is 30.7 Å². The minimum atomic E-state index is -0.439. The molecule has 1 N–H and O–H groups in total. The van der Waals surface area contributed by atoms with Gasteiger partial charge in [0.15, 0.2) is 0 Å². The van der Waals surface area contributed by atoms with E-state index < -0.39 is 5.41 Å². The van der Waals surface area contributed by atoms with Gasteiger partial charge in [0.2, 0.25) is 5.91 Å². The molecule has 1 aliphatic heterocycles. The molecule has 1 amide bonds. The first-order valence-electron chi connectivity index (χ1n) is 8.83. The molecule has 132 valence electrons. The van der Waals surface area contributed by atoms with Crippen LogP contribution in [0.3, 0.4) is 0 Å². The Labute approximate surface area is 146 Å². The van der Waals surface area contributed by atoms with Crippen LogP contribution in [-0.4, -0.2) is 57.5 Å². The van der Waals surface area contributed by atoms with Gasteiger partial charge in [-0.15, -0.1) is 0 Å². The van der Waals surface area contributed by atoms with Crippen LogP contribution in [0.4, 0.5) is 0 Å². The second kappa shape index (κ2) is 6.55. The molecule has 1 saturated heterocycles. The van der Waals surface area contributed by atoms with E-state index in [2.05, 4.69) is 20.4 Å². The normalized spacial score (nSPS) is 25.4. The average molecular weight is 341 g/mol. The van der Waals surface area contributed by atoms with Crippen LogP contribution in [0.1, 0.15) is 42.9 Å². The highest BCUT2D eigenvalue weighted by Gasteiger charge is 2.48. The lowest BCUT2D eigenvalue weighted by atomic mass is 9.78. The lowest BCUT2D eigenvalue weighted by molar-refractivity contribution is -0.136. The van der Waals surface area contributed by atoms with Crippen LogP contribution in [0.25, 0.3) is 0 Å². The average Bonchev–Trinajstić information content (AvgIpc) is 3.41. The van der Waals surface area contributed by atoms with Gasteiger partial charge in [0.1, 0.15) is 0 Å². The number of hydrogen-bond acceptors (Lipinski definition) is 5. The van der Waals surface area contributed by atoms with Crippen LogP contribution < -0.4 is 0 Å². The molecule has 0 unspecified atom stereocenters. The summed E-state index contributed by atoms with van der Waals surface area (Å²) in [6.07, 6.45) is 9.21. The highest BCUT2D eigenvalue weighted by atomic mass is 16.5. The number of H-pyrrole nitrogens is 1. The number of likely N-dealkylation sites (tertiary alicyclic amines) is 1. The standard InChI is InChI=1S/C18H23N5O2/c1-25-16-12-23(11-14(16)15-10-20-22-21-15)17(24)18(6-2-3-7-18)13-5-4-8-19-9-13/h4-5,8-10,14,16H,2-3,6-7,11-12H2,1H3,(H,20,21,22)/t14-,16+/m0/s1. The molecule has 0 spiro atoms. The zero-order valence-electron chi connectivity index (χ0n) is 14.4. The Morgan fingerprint density at radius 3 is 2.80 bits per heavy atom. The van der Waals surface area contributed by atoms with Gasteiger partial charge in [0, 0.05) is 32.6 Å². The van der Waals surface area contributed by atoms with Crippen molar-refractivity contribution in [2.45, 2.75) is 43.1 Å². The predicted octanol–water partition coefficient (Wildman–Crippen LogP) is 1.65. The fourth-order valence-electron chi connectivity index (χ4n) is 4.40. The number of methoxy groups -OCH3 is 1. The summed E-state index contributed by atoms with van der Waals surface area (Å²) < 4.78 is 5.64. The molecule has 2 atom stereocenters. The van der Waals surface area contributed by atoms with Gasteiger partial charge in [-0.3, -0.25) is 9.78 Å². The van der Waals surface area contributed by atoms with Crippen molar-refractivity contribution in [3.63, 3.8) is 0 Å². The Balaban J connectivity index is 1.61. The Morgan fingerprint density at radius 1 is 1.32 bits per heavy atom. The van der Waals surface area contributed by atoms with Crippen LogP contribution in [0, 0.1) is 0 Å². The fraction of sp³-hybridized carbons (Fsp3) is 0.556. The van der Waals surface area contributed by atoms with E-state index in [1.807, 2.05) is 23.2 Å². The molecule has 0 aromatic carbocycles. The molecule has 25 heavy (non-hydrogen) atoms. The van der Waals surface area contributed by atoms with Gasteiger partial charge in [-0.1, -0.05) is 18.9 Å². The third kappa shape index (κ3) is 2.72. The van der Waals surface area contributed by atoms with Crippen molar-refractivity contribution in [1.29, 1.82) is 0 Å². The minimum absolute atomic E-state index is 0.0543. The maximum atomic E-state index is 13.5. The van der Waals surface area contributed by atoms with Crippen LogP contribution >= 0.6 is 0 Å². The second-order valence-corrected chi connectivity index (χ2v) is 7.02. The highest BCUT2D eigenvalue weighted by molar-refractivity contribution is 5.89. The lowest BCUT2D eigenvalue weighted by Crippen LogP contribution is -2.45. The van der Waals surface area contributed by atoms with E-state index in [1.165, 1.54) is 0 Å². The second-order valence-electron chi connectivity index (χ2n) is 7.02. The molecule has 2 fully saturated rings. The summed E-state index contributed by atoms with van der Waals surface area (Å²) in [5, 5.41) is 10.8. The summed E-state index contributed by atoms with van der Waals surface area (Å²) in [6.45, 7) is 1.21. The summed E-state index contributed by atoms with van der Waals surface area (Å²) in [5.41, 5.74) is 1.45. The molecule has 0 bridgehead atoms. The smallest absolute Gasteiger partial charge is 0.233 e. The van der Waals surface area contributed by atoms with Crippen molar-refractivity contribution in [3.05, 3.63) is 42.0 Å². The van der Waals surface area contributed by atoms with E-state index in [0.29, 0.717) is 13.1 Å². The number of aromatic amines is 1. The molecule has 7 heteroatoms. The fourth-order valence-corrected chi connectivity index (χ4v) is 4.40. The number of pyridine rings is 1. The Kier molecular flexibility index (Phi) is 4.25. The van der Waals surface area contributed by atoms with Crippen LogP contribution in [0.5, 0.6) is 0 Å². The third-order valence-corrected chi connectivity index (χ3v) is 5.75. The van der Waals surface area contributed by atoms with Gasteiger partial charge in [0.05, 0.1) is 29.3 Å². The van der Waals surface area contributed by atoms with E-state index in [0.717, 1.165) is 36.9 Å². The molecular weight excluding hydrogens is 318 g/mol. The van der Waals surface area contributed by atoms with E-state index in [1.54, 1.807) is 19.5 Å².